The van der Waals surface area contributed by atoms with Crippen LogP contribution in [0.2, 0.25) is 0 Å². The van der Waals surface area contributed by atoms with Crippen LogP contribution in [0.5, 0.6) is 0 Å². The first-order valence-electron chi connectivity index (χ1n) is 9.31. The number of aromatic nitrogens is 2. The van der Waals surface area contributed by atoms with Gasteiger partial charge in [-0.15, -0.1) is 0 Å². The number of nitrogens with zero attached hydrogens (tertiary/aromatic N) is 4. The predicted molar refractivity (Wildman–Crippen MR) is 110 cm³/mol. The largest absolute Gasteiger partial charge is 0.357 e. The van der Waals surface area contributed by atoms with Crippen molar-refractivity contribution in [3.05, 3.63) is 90.0 Å². The summed E-state index contributed by atoms with van der Waals surface area (Å²) in [6.45, 7) is 5.27. The summed E-state index contributed by atoms with van der Waals surface area (Å²) in [5, 5.41) is 3.38. The van der Waals surface area contributed by atoms with Crippen molar-refractivity contribution in [3.8, 4) is 0 Å². The minimum atomic E-state index is 0.660. The van der Waals surface area contributed by atoms with Gasteiger partial charge in [0.15, 0.2) is 5.96 Å². The summed E-state index contributed by atoms with van der Waals surface area (Å²) < 4.78 is 2.06. The summed E-state index contributed by atoms with van der Waals surface area (Å²) in [4.78, 5) is 11.0. The average Bonchev–Trinajstić information content (AvgIpc) is 3.20. The molecule has 0 aliphatic rings. The SMILES string of the molecule is CCNC(=NCc1ccc(Cn2ccnc2)cc1)N(C)Cc1ccccc1. The van der Waals surface area contributed by atoms with Crippen molar-refractivity contribution >= 4 is 5.96 Å². The molecule has 0 aliphatic heterocycles. The Morgan fingerprint density at radius 3 is 2.44 bits per heavy atom. The highest BCUT2D eigenvalue weighted by Crippen LogP contribution is 2.09. The Morgan fingerprint density at radius 2 is 1.78 bits per heavy atom. The summed E-state index contributed by atoms with van der Waals surface area (Å²) in [5.41, 5.74) is 3.73. The van der Waals surface area contributed by atoms with Gasteiger partial charge in [-0.05, 0) is 23.6 Å². The van der Waals surface area contributed by atoms with Crippen LogP contribution in [0, 0.1) is 0 Å². The van der Waals surface area contributed by atoms with Crippen LogP contribution in [-0.4, -0.2) is 34.0 Å². The molecule has 1 N–H and O–H groups in total. The molecule has 0 fully saturated rings. The van der Waals surface area contributed by atoms with Crippen LogP contribution >= 0.6 is 0 Å². The van der Waals surface area contributed by atoms with E-state index >= 15 is 0 Å². The van der Waals surface area contributed by atoms with Gasteiger partial charge in [-0.1, -0.05) is 54.6 Å². The molecule has 27 heavy (non-hydrogen) atoms. The molecule has 3 aromatic rings. The Labute approximate surface area is 161 Å². The van der Waals surface area contributed by atoms with E-state index in [1.807, 2.05) is 18.6 Å². The monoisotopic (exact) mass is 361 g/mol. The standard InChI is InChI=1S/C22H27N5/c1-3-24-22(26(2)16-20-7-5-4-6-8-20)25-15-19-9-11-21(12-10-19)17-27-14-13-23-18-27/h4-14,18H,3,15-17H2,1-2H3,(H,24,25). The molecule has 0 spiro atoms. The number of benzene rings is 2. The maximum absolute atomic E-state index is 4.80. The summed E-state index contributed by atoms with van der Waals surface area (Å²) in [7, 11) is 2.07. The van der Waals surface area contributed by atoms with E-state index in [0.29, 0.717) is 6.54 Å². The number of imidazole rings is 1. The topological polar surface area (TPSA) is 45.5 Å². The van der Waals surface area contributed by atoms with Crippen LogP contribution in [0.3, 0.4) is 0 Å². The van der Waals surface area contributed by atoms with Gasteiger partial charge in [-0.3, -0.25) is 0 Å². The minimum absolute atomic E-state index is 0.660. The first kappa shape index (κ1) is 18.7. The van der Waals surface area contributed by atoms with Crippen LogP contribution in [0.15, 0.2) is 78.3 Å². The molecule has 1 heterocycles. The fourth-order valence-corrected chi connectivity index (χ4v) is 2.91. The molecule has 0 atom stereocenters. The highest BCUT2D eigenvalue weighted by atomic mass is 15.3. The van der Waals surface area contributed by atoms with Gasteiger partial charge in [-0.25, -0.2) is 9.98 Å². The number of aliphatic imine (C=N–C) groups is 1. The second-order valence-corrected chi connectivity index (χ2v) is 6.56. The average molecular weight is 361 g/mol. The Bertz CT molecular complexity index is 823. The molecule has 3 rings (SSSR count). The zero-order valence-corrected chi connectivity index (χ0v) is 16.0. The quantitative estimate of drug-likeness (QED) is 0.517. The molecule has 0 radical (unpaired) electrons. The summed E-state index contributed by atoms with van der Waals surface area (Å²) in [6, 6.07) is 19.1. The van der Waals surface area contributed by atoms with E-state index < -0.39 is 0 Å². The smallest absolute Gasteiger partial charge is 0.194 e. The van der Waals surface area contributed by atoms with Gasteiger partial charge >= 0.3 is 0 Å². The van der Waals surface area contributed by atoms with Crippen molar-refractivity contribution in [3.63, 3.8) is 0 Å². The van der Waals surface area contributed by atoms with Gasteiger partial charge in [0.05, 0.1) is 12.9 Å². The normalized spacial score (nSPS) is 11.4. The number of hydrogen-bond acceptors (Lipinski definition) is 2. The molecule has 0 unspecified atom stereocenters. The first-order chi connectivity index (χ1) is 13.2. The minimum Gasteiger partial charge on any atom is -0.357 e. The molecule has 0 saturated heterocycles. The van der Waals surface area contributed by atoms with E-state index in [-0.39, 0.29) is 0 Å². The van der Waals surface area contributed by atoms with Gasteiger partial charge in [0.2, 0.25) is 0 Å². The third-order valence-corrected chi connectivity index (χ3v) is 4.32. The first-order valence-corrected chi connectivity index (χ1v) is 9.31. The van der Waals surface area contributed by atoms with Crippen LogP contribution in [0.4, 0.5) is 0 Å². The number of nitrogens with one attached hydrogen (secondary N) is 1. The molecule has 0 amide bonds. The lowest BCUT2D eigenvalue weighted by Gasteiger charge is -2.22. The summed E-state index contributed by atoms with van der Waals surface area (Å²) in [6.07, 6.45) is 5.62. The van der Waals surface area contributed by atoms with Crippen molar-refractivity contribution in [2.45, 2.75) is 26.6 Å². The molecule has 0 bridgehead atoms. The molecule has 1 aromatic heterocycles. The summed E-state index contributed by atoms with van der Waals surface area (Å²) >= 11 is 0. The van der Waals surface area contributed by atoms with E-state index in [9.17, 15) is 0 Å². The van der Waals surface area contributed by atoms with Crippen LogP contribution < -0.4 is 5.32 Å². The maximum atomic E-state index is 4.80. The van der Waals surface area contributed by atoms with Crippen molar-refractivity contribution in [1.29, 1.82) is 0 Å². The van der Waals surface area contributed by atoms with E-state index in [1.165, 1.54) is 16.7 Å². The van der Waals surface area contributed by atoms with E-state index in [1.54, 1.807) is 6.20 Å². The highest BCUT2D eigenvalue weighted by molar-refractivity contribution is 5.79. The molecular weight excluding hydrogens is 334 g/mol. The Kier molecular flexibility index (Phi) is 6.63. The lowest BCUT2D eigenvalue weighted by atomic mass is 10.1. The Hall–Kier alpha value is -3.08. The van der Waals surface area contributed by atoms with Crippen molar-refractivity contribution in [2.75, 3.05) is 13.6 Å². The second-order valence-electron chi connectivity index (χ2n) is 6.56. The van der Waals surface area contributed by atoms with Crippen molar-refractivity contribution in [2.24, 2.45) is 4.99 Å². The van der Waals surface area contributed by atoms with Crippen molar-refractivity contribution in [1.82, 2.24) is 19.8 Å². The van der Waals surface area contributed by atoms with Crippen LogP contribution in [0.25, 0.3) is 0 Å². The fourth-order valence-electron chi connectivity index (χ4n) is 2.91. The molecular formula is C22H27N5. The van der Waals surface area contributed by atoms with Crippen LogP contribution in [0.1, 0.15) is 23.6 Å². The molecule has 5 heteroatoms. The van der Waals surface area contributed by atoms with Crippen molar-refractivity contribution < 1.29 is 0 Å². The van der Waals surface area contributed by atoms with Gasteiger partial charge in [-0.2, -0.15) is 0 Å². The van der Waals surface area contributed by atoms with Gasteiger partial charge in [0, 0.05) is 39.1 Å². The summed E-state index contributed by atoms with van der Waals surface area (Å²) in [5.74, 6) is 0.920. The third kappa shape index (κ3) is 5.71. The zero-order chi connectivity index (χ0) is 18.9. The Balaban J connectivity index is 1.62. The predicted octanol–water partition coefficient (Wildman–Crippen LogP) is 3.53. The van der Waals surface area contributed by atoms with Gasteiger partial charge in [0.25, 0.3) is 0 Å². The zero-order valence-electron chi connectivity index (χ0n) is 16.0. The lowest BCUT2D eigenvalue weighted by Crippen LogP contribution is -2.38. The van der Waals surface area contributed by atoms with E-state index in [4.69, 9.17) is 4.99 Å². The van der Waals surface area contributed by atoms with E-state index in [0.717, 1.165) is 25.6 Å². The lowest BCUT2D eigenvalue weighted by molar-refractivity contribution is 0.477. The molecule has 140 valence electrons. The maximum Gasteiger partial charge on any atom is 0.194 e. The highest BCUT2D eigenvalue weighted by Gasteiger charge is 2.06. The molecule has 2 aromatic carbocycles. The number of rotatable bonds is 7. The fraction of sp³-hybridized carbons (Fsp3) is 0.273. The number of hydrogen-bond donors (Lipinski definition) is 1. The van der Waals surface area contributed by atoms with Gasteiger partial charge in [0.1, 0.15) is 0 Å². The van der Waals surface area contributed by atoms with E-state index in [2.05, 4.69) is 82.3 Å². The molecule has 5 nitrogen and oxygen atoms in total. The van der Waals surface area contributed by atoms with Gasteiger partial charge < -0.3 is 14.8 Å². The van der Waals surface area contributed by atoms with Crippen LogP contribution in [-0.2, 0) is 19.6 Å². The number of guanidine groups is 1. The molecule has 0 saturated carbocycles. The second kappa shape index (κ2) is 9.57. The third-order valence-electron chi connectivity index (χ3n) is 4.32. The Morgan fingerprint density at radius 1 is 1.04 bits per heavy atom. The molecule has 0 aliphatic carbocycles.